The summed E-state index contributed by atoms with van der Waals surface area (Å²) in [6.07, 6.45) is 3.95. The van der Waals surface area contributed by atoms with Gasteiger partial charge in [-0.3, -0.25) is 14.4 Å². The lowest BCUT2D eigenvalue weighted by Crippen LogP contribution is -2.54. The van der Waals surface area contributed by atoms with Crippen LogP contribution in [-0.2, 0) is 16.0 Å². The van der Waals surface area contributed by atoms with Crippen LogP contribution < -0.4 is 0 Å². The van der Waals surface area contributed by atoms with Crippen molar-refractivity contribution in [2.75, 3.05) is 39.3 Å². The third-order valence-electron chi connectivity index (χ3n) is 7.00. The average molecular weight is 462 g/mol. The molecule has 2 aliphatic rings. The molecule has 2 aromatic rings. The van der Waals surface area contributed by atoms with Gasteiger partial charge in [0.1, 0.15) is 0 Å². The number of piperidine rings is 1. The van der Waals surface area contributed by atoms with E-state index in [9.17, 15) is 14.4 Å². The first-order valence-electron chi connectivity index (χ1n) is 12.5. The second-order valence-electron chi connectivity index (χ2n) is 9.50. The Morgan fingerprint density at radius 3 is 2.21 bits per heavy atom. The van der Waals surface area contributed by atoms with Crippen LogP contribution in [0.25, 0.3) is 0 Å². The molecule has 6 nitrogen and oxygen atoms in total. The van der Waals surface area contributed by atoms with Gasteiger partial charge in [-0.15, -0.1) is 0 Å². The minimum Gasteiger partial charge on any atom is -0.339 e. The summed E-state index contributed by atoms with van der Waals surface area (Å²) in [7, 11) is 0. The van der Waals surface area contributed by atoms with Gasteiger partial charge in [0.05, 0.1) is 5.92 Å². The van der Waals surface area contributed by atoms with Crippen molar-refractivity contribution in [3.8, 4) is 0 Å². The molecule has 2 aliphatic heterocycles. The molecule has 6 heteroatoms. The van der Waals surface area contributed by atoms with Crippen molar-refractivity contribution in [3.05, 3.63) is 71.3 Å². The number of likely N-dealkylation sites (tertiary alicyclic amines) is 1. The van der Waals surface area contributed by atoms with E-state index in [-0.39, 0.29) is 23.6 Å². The van der Waals surface area contributed by atoms with Crippen molar-refractivity contribution in [3.63, 3.8) is 0 Å². The molecule has 1 atom stereocenters. The third kappa shape index (κ3) is 6.04. The largest absolute Gasteiger partial charge is 0.339 e. The Morgan fingerprint density at radius 2 is 1.50 bits per heavy atom. The van der Waals surface area contributed by atoms with Crippen molar-refractivity contribution in [1.82, 2.24) is 14.7 Å². The van der Waals surface area contributed by atoms with E-state index in [0.717, 1.165) is 31.2 Å². The molecule has 2 heterocycles. The number of hydrogen-bond donors (Lipinski definition) is 0. The van der Waals surface area contributed by atoms with E-state index in [1.165, 1.54) is 5.56 Å². The van der Waals surface area contributed by atoms with Crippen LogP contribution in [0.3, 0.4) is 0 Å². The maximum atomic E-state index is 13.2. The Labute approximate surface area is 202 Å². The Morgan fingerprint density at radius 1 is 0.824 bits per heavy atom. The summed E-state index contributed by atoms with van der Waals surface area (Å²) < 4.78 is 0. The maximum absolute atomic E-state index is 13.2. The van der Waals surface area contributed by atoms with Crippen LogP contribution >= 0.6 is 0 Å². The molecule has 1 unspecified atom stereocenters. The van der Waals surface area contributed by atoms with Crippen LogP contribution in [0.2, 0.25) is 0 Å². The molecule has 2 aromatic carbocycles. The summed E-state index contributed by atoms with van der Waals surface area (Å²) >= 11 is 0. The summed E-state index contributed by atoms with van der Waals surface area (Å²) in [6.45, 7) is 5.51. The van der Waals surface area contributed by atoms with Crippen molar-refractivity contribution in [1.29, 1.82) is 0 Å². The van der Waals surface area contributed by atoms with E-state index < -0.39 is 0 Å². The fraction of sp³-hybridized carbons (Fsp3) is 0.464. The lowest BCUT2D eigenvalue weighted by atomic mass is 9.95. The van der Waals surface area contributed by atoms with Gasteiger partial charge in [0, 0.05) is 51.3 Å². The molecule has 0 N–H and O–H groups in total. The predicted molar refractivity (Wildman–Crippen MR) is 132 cm³/mol. The minimum atomic E-state index is -0.156. The molecular formula is C28H35N3O3. The zero-order valence-corrected chi connectivity index (χ0v) is 20.1. The summed E-state index contributed by atoms with van der Waals surface area (Å²) in [5.41, 5.74) is 3.06. The van der Waals surface area contributed by atoms with Gasteiger partial charge < -0.3 is 14.7 Å². The second kappa shape index (κ2) is 11.3. The molecule has 0 aromatic heterocycles. The number of aryl methyl sites for hydroxylation is 2. The molecule has 0 spiro atoms. The van der Waals surface area contributed by atoms with E-state index in [1.54, 1.807) is 0 Å². The van der Waals surface area contributed by atoms with Crippen LogP contribution in [0.5, 0.6) is 0 Å². The smallest absolute Gasteiger partial charge is 0.253 e. The van der Waals surface area contributed by atoms with Crippen LogP contribution in [0, 0.1) is 12.8 Å². The van der Waals surface area contributed by atoms with Crippen LogP contribution in [-0.4, -0.2) is 71.7 Å². The molecule has 0 saturated carbocycles. The summed E-state index contributed by atoms with van der Waals surface area (Å²) in [6, 6.07) is 17.9. The number of carbonyl (C=O) groups excluding carboxylic acids is 3. The van der Waals surface area contributed by atoms with E-state index in [0.29, 0.717) is 51.3 Å². The molecule has 34 heavy (non-hydrogen) atoms. The topological polar surface area (TPSA) is 60.9 Å². The molecule has 2 saturated heterocycles. The van der Waals surface area contributed by atoms with E-state index >= 15 is 0 Å². The Bertz CT molecular complexity index is 982. The minimum absolute atomic E-state index is 0.00317. The van der Waals surface area contributed by atoms with E-state index in [4.69, 9.17) is 0 Å². The standard InChI is InChI=1S/C28H35N3O3/c1-22-12-14-24(15-13-22)27(33)31-16-6-10-25(21-31)28(34)30-19-17-29(18-20-30)26(32)11-5-9-23-7-3-2-4-8-23/h2-4,7-8,12-15,25H,5-6,9-11,16-21H2,1H3. The molecule has 180 valence electrons. The second-order valence-corrected chi connectivity index (χ2v) is 9.50. The lowest BCUT2D eigenvalue weighted by molar-refractivity contribution is -0.143. The first kappa shape index (κ1) is 24.0. The monoisotopic (exact) mass is 461 g/mol. The zero-order chi connectivity index (χ0) is 23.9. The number of benzene rings is 2. The van der Waals surface area contributed by atoms with Gasteiger partial charge in [0.25, 0.3) is 5.91 Å². The molecule has 4 rings (SSSR count). The maximum Gasteiger partial charge on any atom is 0.253 e. The number of nitrogens with zero attached hydrogens (tertiary/aromatic N) is 3. The van der Waals surface area contributed by atoms with Gasteiger partial charge >= 0.3 is 0 Å². The first-order valence-corrected chi connectivity index (χ1v) is 12.5. The molecule has 2 fully saturated rings. The predicted octanol–water partition coefficient (Wildman–Crippen LogP) is 3.54. The summed E-state index contributed by atoms with van der Waals surface area (Å²) in [5.74, 6) is 0.146. The van der Waals surface area contributed by atoms with Crippen molar-refractivity contribution in [2.45, 2.75) is 39.0 Å². The number of hydrogen-bond acceptors (Lipinski definition) is 3. The molecular weight excluding hydrogens is 426 g/mol. The SMILES string of the molecule is Cc1ccc(C(=O)N2CCCC(C(=O)N3CCN(C(=O)CCCc4ccccc4)CC3)C2)cc1. The molecule has 3 amide bonds. The molecule has 0 aliphatic carbocycles. The van der Waals surface area contributed by atoms with Gasteiger partial charge in [-0.05, 0) is 50.3 Å². The molecule has 0 bridgehead atoms. The van der Waals surface area contributed by atoms with Crippen LogP contribution in [0.15, 0.2) is 54.6 Å². The Hall–Kier alpha value is -3.15. The number of rotatable bonds is 6. The average Bonchev–Trinajstić information content (AvgIpc) is 2.89. The van der Waals surface area contributed by atoms with Crippen molar-refractivity contribution < 1.29 is 14.4 Å². The normalized spacial score (nSPS) is 18.6. The Balaban J connectivity index is 1.23. The highest BCUT2D eigenvalue weighted by atomic mass is 16.2. The summed E-state index contributed by atoms with van der Waals surface area (Å²) in [4.78, 5) is 44.3. The van der Waals surface area contributed by atoms with Gasteiger partial charge in [0.2, 0.25) is 11.8 Å². The highest BCUT2D eigenvalue weighted by molar-refractivity contribution is 5.94. The van der Waals surface area contributed by atoms with Gasteiger partial charge in [-0.1, -0.05) is 48.0 Å². The number of amides is 3. The summed E-state index contributed by atoms with van der Waals surface area (Å²) in [5, 5.41) is 0. The van der Waals surface area contributed by atoms with Gasteiger partial charge in [0.15, 0.2) is 0 Å². The highest BCUT2D eigenvalue weighted by Crippen LogP contribution is 2.22. The van der Waals surface area contributed by atoms with Gasteiger partial charge in [-0.2, -0.15) is 0 Å². The molecule has 0 radical (unpaired) electrons. The van der Waals surface area contributed by atoms with Gasteiger partial charge in [-0.25, -0.2) is 0 Å². The fourth-order valence-corrected chi connectivity index (χ4v) is 4.92. The highest BCUT2D eigenvalue weighted by Gasteiger charge is 2.33. The first-order chi connectivity index (χ1) is 16.5. The quantitative estimate of drug-likeness (QED) is 0.661. The van der Waals surface area contributed by atoms with Crippen LogP contribution in [0.1, 0.15) is 47.2 Å². The van der Waals surface area contributed by atoms with Crippen LogP contribution in [0.4, 0.5) is 0 Å². The van der Waals surface area contributed by atoms with E-state index in [1.807, 2.05) is 64.1 Å². The number of carbonyl (C=O) groups is 3. The van der Waals surface area contributed by atoms with Crippen molar-refractivity contribution in [2.24, 2.45) is 5.92 Å². The van der Waals surface area contributed by atoms with Crippen molar-refractivity contribution >= 4 is 17.7 Å². The third-order valence-corrected chi connectivity index (χ3v) is 7.00. The Kier molecular flexibility index (Phi) is 7.99. The lowest BCUT2D eigenvalue weighted by Gasteiger charge is -2.39. The van der Waals surface area contributed by atoms with E-state index in [2.05, 4.69) is 12.1 Å². The zero-order valence-electron chi connectivity index (χ0n) is 20.1. The number of piperazine rings is 1. The fourth-order valence-electron chi connectivity index (χ4n) is 4.92.